The number of carboxylic acid groups (broad SMARTS) is 1. The Morgan fingerprint density at radius 2 is 1.71 bits per heavy atom. The van der Waals surface area contributed by atoms with Crippen molar-refractivity contribution >= 4 is 35.1 Å². The van der Waals surface area contributed by atoms with Gasteiger partial charge in [-0.05, 0) is 54.4 Å². The minimum absolute atomic E-state index is 0.195. The molecule has 3 N–H and O–H groups in total. The van der Waals surface area contributed by atoms with Gasteiger partial charge in [0.15, 0.2) is 0 Å². The molecule has 2 aromatic carbocycles. The molecule has 3 aromatic rings. The van der Waals surface area contributed by atoms with Gasteiger partial charge in [-0.1, -0.05) is 41.4 Å². The zero-order chi connectivity index (χ0) is 22.4. The first-order valence-corrected chi connectivity index (χ1v) is 10.3. The predicted octanol–water partition coefficient (Wildman–Crippen LogP) is 4.87. The maximum Gasteiger partial charge on any atom is 0.335 e. The topological polar surface area (TPSA) is 91.3 Å². The first-order chi connectivity index (χ1) is 14.8. The lowest BCUT2D eigenvalue weighted by Crippen LogP contribution is -2.28. The van der Waals surface area contributed by atoms with Gasteiger partial charge < -0.3 is 15.7 Å². The van der Waals surface area contributed by atoms with Gasteiger partial charge in [0.2, 0.25) is 0 Å². The highest BCUT2D eigenvalue weighted by molar-refractivity contribution is 6.31. The summed E-state index contributed by atoms with van der Waals surface area (Å²) in [6.45, 7) is 2.81. The van der Waals surface area contributed by atoms with Crippen LogP contribution >= 0.6 is 23.2 Å². The average molecular weight is 458 g/mol. The van der Waals surface area contributed by atoms with Crippen LogP contribution in [0.25, 0.3) is 0 Å². The van der Waals surface area contributed by atoms with Crippen LogP contribution in [-0.4, -0.2) is 22.0 Å². The standard InChI is InChI=1S/C23H21Cl2N3O3/c1-14(15-2-4-16(5-3-15)23(30)31)28-22(29)21-10-18(24)7-6-17(21)11-26-13-20-9-8-19(25)12-27-20/h2-10,12,14,26H,11,13H2,1H3,(H,28,29)(H,30,31)/t14-/m0/s1. The molecule has 0 spiro atoms. The molecule has 1 atom stereocenters. The van der Waals surface area contributed by atoms with E-state index in [0.717, 1.165) is 16.8 Å². The normalized spacial score (nSPS) is 11.7. The fourth-order valence-corrected chi connectivity index (χ4v) is 3.31. The van der Waals surface area contributed by atoms with Gasteiger partial charge in [-0.15, -0.1) is 0 Å². The number of carbonyl (C=O) groups is 2. The van der Waals surface area contributed by atoms with E-state index in [-0.39, 0.29) is 17.5 Å². The van der Waals surface area contributed by atoms with Crippen LogP contribution in [0.2, 0.25) is 10.0 Å². The van der Waals surface area contributed by atoms with Gasteiger partial charge in [0.05, 0.1) is 22.3 Å². The molecule has 0 aliphatic carbocycles. The Bertz CT molecular complexity index is 1070. The third-order valence-corrected chi connectivity index (χ3v) is 5.19. The van der Waals surface area contributed by atoms with E-state index in [1.165, 1.54) is 12.1 Å². The number of aromatic nitrogens is 1. The molecule has 0 aliphatic heterocycles. The van der Waals surface area contributed by atoms with Gasteiger partial charge in [0.25, 0.3) is 5.91 Å². The number of aromatic carboxylic acids is 1. The molecule has 0 aliphatic rings. The number of carboxylic acids is 1. The molecule has 0 unspecified atom stereocenters. The smallest absolute Gasteiger partial charge is 0.335 e. The first-order valence-electron chi connectivity index (χ1n) is 9.57. The number of carbonyl (C=O) groups excluding carboxylic acids is 1. The third kappa shape index (κ3) is 6.28. The maximum absolute atomic E-state index is 12.9. The summed E-state index contributed by atoms with van der Waals surface area (Å²) in [5.41, 5.74) is 3.10. The molecule has 0 saturated heterocycles. The third-order valence-electron chi connectivity index (χ3n) is 4.73. The Balaban J connectivity index is 1.67. The van der Waals surface area contributed by atoms with Gasteiger partial charge in [0.1, 0.15) is 0 Å². The highest BCUT2D eigenvalue weighted by Crippen LogP contribution is 2.19. The van der Waals surface area contributed by atoms with Gasteiger partial charge in [0, 0.05) is 29.9 Å². The van der Waals surface area contributed by atoms with E-state index >= 15 is 0 Å². The summed E-state index contributed by atoms with van der Waals surface area (Å²) < 4.78 is 0. The van der Waals surface area contributed by atoms with Gasteiger partial charge >= 0.3 is 5.97 Å². The van der Waals surface area contributed by atoms with E-state index in [0.29, 0.717) is 28.7 Å². The molecule has 3 rings (SSSR count). The molecule has 0 bridgehead atoms. The van der Waals surface area contributed by atoms with E-state index in [2.05, 4.69) is 15.6 Å². The summed E-state index contributed by atoms with van der Waals surface area (Å²) in [7, 11) is 0. The second-order valence-corrected chi connectivity index (χ2v) is 7.87. The highest BCUT2D eigenvalue weighted by atomic mass is 35.5. The van der Waals surface area contributed by atoms with Crippen molar-refractivity contribution in [3.63, 3.8) is 0 Å². The lowest BCUT2D eigenvalue weighted by Gasteiger charge is -2.17. The SMILES string of the molecule is C[C@H](NC(=O)c1cc(Cl)ccc1CNCc1ccc(Cl)cn1)c1ccc(C(=O)O)cc1. The Hall–Kier alpha value is -2.93. The zero-order valence-electron chi connectivity index (χ0n) is 16.7. The molecular weight excluding hydrogens is 437 g/mol. The van der Waals surface area contributed by atoms with E-state index in [4.69, 9.17) is 28.3 Å². The molecule has 8 heteroatoms. The van der Waals surface area contributed by atoms with E-state index < -0.39 is 5.97 Å². The van der Waals surface area contributed by atoms with Crippen LogP contribution < -0.4 is 10.6 Å². The average Bonchev–Trinajstić information content (AvgIpc) is 2.76. The quantitative estimate of drug-likeness (QED) is 0.448. The summed E-state index contributed by atoms with van der Waals surface area (Å²) in [5, 5.41) is 16.3. The Labute approximate surface area is 190 Å². The summed E-state index contributed by atoms with van der Waals surface area (Å²) in [6, 6.07) is 14.9. The minimum Gasteiger partial charge on any atom is -0.478 e. The largest absolute Gasteiger partial charge is 0.478 e. The van der Waals surface area contributed by atoms with E-state index in [1.54, 1.807) is 36.5 Å². The number of rotatable bonds is 8. The number of pyridine rings is 1. The van der Waals surface area contributed by atoms with Crippen LogP contribution in [0, 0.1) is 0 Å². The molecule has 0 radical (unpaired) electrons. The fourth-order valence-electron chi connectivity index (χ4n) is 3.02. The number of benzene rings is 2. The molecule has 0 fully saturated rings. The molecule has 1 amide bonds. The number of nitrogens with zero attached hydrogens (tertiary/aromatic N) is 1. The van der Waals surface area contributed by atoms with Gasteiger partial charge in [-0.25, -0.2) is 4.79 Å². The Morgan fingerprint density at radius 3 is 2.35 bits per heavy atom. The number of halogens is 2. The van der Waals surface area contributed by atoms with E-state index in [9.17, 15) is 9.59 Å². The predicted molar refractivity (Wildman–Crippen MR) is 121 cm³/mol. The van der Waals surface area contributed by atoms with Crippen LogP contribution in [0.4, 0.5) is 0 Å². The summed E-state index contributed by atoms with van der Waals surface area (Å²) in [4.78, 5) is 28.2. The number of hydrogen-bond donors (Lipinski definition) is 3. The van der Waals surface area contributed by atoms with Crippen molar-refractivity contribution in [3.05, 3.63) is 98.8 Å². The number of nitrogens with one attached hydrogen (secondary N) is 2. The highest BCUT2D eigenvalue weighted by Gasteiger charge is 2.16. The molecule has 0 saturated carbocycles. The summed E-state index contributed by atoms with van der Waals surface area (Å²) >= 11 is 12.0. The summed E-state index contributed by atoms with van der Waals surface area (Å²) in [5.74, 6) is -1.26. The van der Waals surface area contributed by atoms with Crippen molar-refractivity contribution < 1.29 is 14.7 Å². The molecular formula is C23H21Cl2N3O3. The lowest BCUT2D eigenvalue weighted by molar-refractivity contribution is 0.0696. The van der Waals surface area contributed by atoms with Crippen molar-refractivity contribution in [1.29, 1.82) is 0 Å². The Morgan fingerprint density at radius 1 is 1.00 bits per heavy atom. The minimum atomic E-state index is -0.992. The molecule has 1 aromatic heterocycles. The van der Waals surface area contributed by atoms with Crippen molar-refractivity contribution in [2.45, 2.75) is 26.1 Å². The van der Waals surface area contributed by atoms with Crippen molar-refractivity contribution in [1.82, 2.24) is 15.6 Å². The van der Waals surface area contributed by atoms with Gasteiger partial charge in [-0.2, -0.15) is 0 Å². The van der Waals surface area contributed by atoms with Crippen LogP contribution in [0.3, 0.4) is 0 Å². The second kappa shape index (κ2) is 10.4. The van der Waals surface area contributed by atoms with Crippen molar-refractivity contribution in [2.75, 3.05) is 0 Å². The number of hydrogen-bond acceptors (Lipinski definition) is 4. The maximum atomic E-state index is 12.9. The summed E-state index contributed by atoms with van der Waals surface area (Å²) in [6.07, 6.45) is 1.59. The first kappa shape index (κ1) is 22.7. The number of amides is 1. The van der Waals surface area contributed by atoms with Crippen molar-refractivity contribution in [3.8, 4) is 0 Å². The van der Waals surface area contributed by atoms with Crippen LogP contribution in [0.1, 0.15) is 50.5 Å². The van der Waals surface area contributed by atoms with Crippen LogP contribution in [0.15, 0.2) is 60.8 Å². The second-order valence-electron chi connectivity index (χ2n) is 7.00. The van der Waals surface area contributed by atoms with Crippen molar-refractivity contribution in [2.24, 2.45) is 0 Å². The molecule has 31 heavy (non-hydrogen) atoms. The molecule has 160 valence electrons. The fraction of sp³-hybridized carbons (Fsp3) is 0.174. The van der Waals surface area contributed by atoms with Crippen LogP contribution in [0.5, 0.6) is 0 Å². The zero-order valence-corrected chi connectivity index (χ0v) is 18.2. The monoisotopic (exact) mass is 457 g/mol. The van der Waals surface area contributed by atoms with Gasteiger partial charge in [-0.3, -0.25) is 9.78 Å². The lowest BCUT2D eigenvalue weighted by atomic mass is 10.0. The molecule has 6 nitrogen and oxygen atoms in total. The van der Waals surface area contributed by atoms with Crippen LogP contribution in [-0.2, 0) is 13.1 Å². The Kier molecular flexibility index (Phi) is 7.63. The van der Waals surface area contributed by atoms with E-state index in [1.807, 2.05) is 19.1 Å². The molecule has 1 heterocycles.